The van der Waals surface area contributed by atoms with Crippen molar-refractivity contribution in [2.45, 2.75) is 19.4 Å². The van der Waals surface area contributed by atoms with Crippen LogP contribution in [0, 0.1) is 5.92 Å². The Kier molecular flexibility index (Phi) is 3.35. The molecule has 0 aliphatic heterocycles. The smallest absolute Gasteiger partial charge is 0.0717 e. The molecule has 15 heavy (non-hydrogen) atoms. The third-order valence-electron chi connectivity index (χ3n) is 2.52. The van der Waals surface area contributed by atoms with Crippen molar-refractivity contribution >= 4 is 6.21 Å². The Bertz CT molecular complexity index is 328. The predicted molar refractivity (Wildman–Crippen MR) is 60.6 cm³/mol. The summed E-state index contributed by atoms with van der Waals surface area (Å²) in [6.07, 6.45) is 4.31. The van der Waals surface area contributed by atoms with E-state index in [1.54, 1.807) is 6.21 Å². The summed E-state index contributed by atoms with van der Waals surface area (Å²) in [7, 11) is 0. The van der Waals surface area contributed by atoms with Gasteiger partial charge in [0.1, 0.15) is 0 Å². The average molecular weight is 204 g/mol. The quantitative estimate of drug-likeness (QED) is 0.452. The maximum Gasteiger partial charge on any atom is 0.0717 e. The Morgan fingerprint density at radius 3 is 2.67 bits per heavy atom. The van der Waals surface area contributed by atoms with Crippen LogP contribution in [0.3, 0.4) is 0 Å². The molecular formula is C12H16N2O. The molecule has 0 bridgehead atoms. The van der Waals surface area contributed by atoms with Gasteiger partial charge in [-0.2, -0.15) is 5.10 Å². The van der Waals surface area contributed by atoms with Gasteiger partial charge in [0, 0.05) is 6.61 Å². The Morgan fingerprint density at radius 1 is 1.33 bits per heavy atom. The Labute approximate surface area is 89.9 Å². The number of benzene rings is 1. The summed E-state index contributed by atoms with van der Waals surface area (Å²) in [5, 5.41) is 3.47. The van der Waals surface area contributed by atoms with Crippen molar-refractivity contribution in [2.24, 2.45) is 16.9 Å². The molecule has 1 fully saturated rings. The van der Waals surface area contributed by atoms with Crippen molar-refractivity contribution in [1.29, 1.82) is 0 Å². The molecule has 3 nitrogen and oxygen atoms in total. The SMILES string of the molecule is NN=Cc1ccc(COCC2CC2)cc1. The first-order chi connectivity index (χ1) is 7.38. The maximum absolute atomic E-state index is 5.59. The van der Waals surface area contributed by atoms with E-state index in [1.807, 2.05) is 24.3 Å². The largest absolute Gasteiger partial charge is 0.376 e. The molecule has 0 amide bonds. The number of hydrogen-bond donors (Lipinski definition) is 1. The first-order valence-corrected chi connectivity index (χ1v) is 5.28. The Hall–Kier alpha value is -1.35. The van der Waals surface area contributed by atoms with Crippen molar-refractivity contribution in [1.82, 2.24) is 0 Å². The first-order valence-electron chi connectivity index (χ1n) is 5.28. The number of nitrogens with zero attached hydrogens (tertiary/aromatic N) is 1. The van der Waals surface area contributed by atoms with Crippen LogP contribution < -0.4 is 5.84 Å². The lowest BCUT2D eigenvalue weighted by atomic mass is 10.1. The number of hydrogen-bond acceptors (Lipinski definition) is 3. The van der Waals surface area contributed by atoms with Crippen LogP contribution in [0.25, 0.3) is 0 Å². The minimum Gasteiger partial charge on any atom is -0.376 e. The highest BCUT2D eigenvalue weighted by Crippen LogP contribution is 2.29. The fraction of sp³-hybridized carbons (Fsp3) is 0.417. The lowest BCUT2D eigenvalue weighted by Crippen LogP contribution is -1.97. The molecule has 1 aromatic rings. The van der Waals surface area contributed by atoms with Gasteiger partial charge in [0.25, 0.3) is 0 Å². The molecule has 0 radical (unpaired) electrons. The second-order valence-corrected chi connectivity index (χ2v) is 3.98. The topological polar surface area (TPSA) is 47.6 Å². The van der Waals surface area contributed by atoms with E-state index in [9.17, 15) is 0 Å². The summed E-state index contributed by atoms with van der Waals surface area (Å²) >= 11 is 0. The summed E-state index contributed by atoms with van der Waals surface area (Å²) in [6.45, 7) is 1.61. The van der Waals surface area contributed by atoms with E-state index in [2.05, 4.69) is 5.10 Å². The molecule has 2 N–H and O–H groups in total. The highest BCUT2D eigenvalue weighted by atomic mass is 16.5. The van der Waals surface area contributed by atoms with E-state index in [-0.39, 0.29) is 0 Å². The second-order valence-electron chi connectivity index (χ2n) is 3.98. The van der Waals surface area contributed by atoms with Crippen molar-refractivity contribution in [3.05, 3.63) is 35.4 Å². The van der Waals surface area contributed by atoms with Gasteiger partial charge in [-0.15, -0.1) is 0 Å². The van der Waals surface area contributed by atoms with Crippen LogP contribution in [0.5, 0.6) is 0 Å². The van der Waals surface area contributed by atoms with Gasteiger partial charge in [-0.05, 0) is 29.9 Å². The Morgan fingerprint density at radius 2 is 2.07 bits per heavy atom. The summed E-state index contributed by atoms with van der Waals surface area (Å²) < 4.78 is 5.59. The second kappa shape index (κ2) is 4.94. The minimum absolute atomic E-state index is 0.705. The number of ether oxygens (including phenoxy) is 1. The standard InChI is InChI=1S/C12H16N2O/c13-14-7-10-1-3-11(4-2-10)8-15-9-12-5-6-12/h1-4,7,12H,5-6,8-9,13H2. The molecule has 80 valence electrons. The fourth-order valence-corrected chi connectivity index (χ4v) is 1.41. The zero-order valence-corrected chi connectivity index (χ0v) is 8.73. The van der Waals surface area contributed by atoms with Crippen molar-refractivity contribution in [3.8, 4) is 0 Å². The van der Waals surface area contributed by atoms with E-state index in [0.717, 1.165) is 18.1 Å². The van der Waals surface area contributed by atoms with Crippen molar-refractivity contribution < 1.29 is 4.74 Å². The molecule has 0 atom stereocenters. The minimum atomic E-state index is 0.705. The zero-order chi connectivity index (χ0) is 10.5. The van der Waals surface area contributed by atoms with Crippen LogP contribution in [0.1, 0.15) is 24.0 Å². The molecule has 2 rings (SSSR count). The molecule has 0 saturated heterocycles. The first kappa shape index (κ1) is 10.2. The molecule has 1 aromatic carbocycles. The van der Waals surface area contributed by atoms with Crippen LogP contribution in [-0.4, -0.2) is 12.8 Å². The predicted octanol–water partition coefficient (Wildman–Crippen LogP) is 1.91. The van der Waals surface area contributed by atoms with Crippen molar-refractivity contribution in [2.75, 3.05) is 6.61 Å². The number of nitrogens with two attached hydrogens (primary N) is 1. The summed E-state index contributed by atoms with van der Waals surface area (Å²) in [4.78, 5) is 0. The highest BCUT2D eigenvalue weighted by Gasteiger charge is 2.20. The highest BCUT2D eigenvalue weighted by molar-refractivity contribution is 5.79. The molecule has 0 unspecified atom stereocenters. The van der Waals surface area contributed by atoms with Crippen molar-refractivity contribution in [3.63, 3.8) is 0 Å². The van der Waals surface area contributed by atoms with E-state index < -0.39 is 0 Å². The summed E-state index contributed by atoms with van der Waals surface area (Å²) in [5.41, 5.74) is 2.22. The van der Waals surface area contributed by atoms with Crippen LogP contribution in [0.15, 0.2) is 29.4 Å². The van der Waals surface area contributed by atoms with E-state index >= 15 is 0 Å². The third-order valence-corrected chi connectivity index (χ3v) is 2.52. The average Bonchev–Trinajstić information content (AvgIpc) is 3.05. The molecule has 0 spiro atoms. The molecule has 1 aliphatic rings. The van der Waals surface area contributed by atoms with Gasteiger partial charge in [-0.1, -0.05) is 24.3 Å². The number of hydrazone groups is 1. The molecule has 1 saturated carbocycles. The van der Waals surface area contributed by atoms with Gasteiger partial charge < -0.3 is 10.6 Å². The molecule has 1 aliphatic carbocycles. The number of rotatable bonds is 5. The van der Waals surface area contributed by atoms with Crippen LogP contribution in [-0.2, 0) is 11.3 Å². The van der Waals surface area contributed by atoms with Crippen LogP contribution in [0.4, 0.5) is 0 Å². The Balaban J connectivity index is 1.80. The third kappa shape index (κ3) is 3.36. The monoisotopic (exact) mass is 204 g/mol. The molecule has 3 heteroatoms. The van der Waals surface area contributed by atoms with Gasteiger partial charge in [0.05, 0.1) is 12.8 Å². The zero-order valence-electron chi connectivity index (χ0n) is 8.73. The van der Waals surface area contributed by atoms with Gasteiger partial charge >= 0.3 is 0 Å². The lowest BCUT2D eigenvalue weighted by Gasteiger charge is -2.03. The van der Waals surface area contributed by atoms with E-state index in [4.69, 9.17) is 10.6 Å². The van der Waals surface area contributed by atoms with Gasteiger partial charge in [0.2, 0.25) is 0 Å². The maximum atomic E-state index is 5.59. The normalized spacial score (nSPS) is 16.0. The van der Waals surface area contributed by atoms with Gasteiger partial charge in [-0.3, -0.25) is 0 Å². The van der Waals surface area contributed by atoms with E-state index in [0.29, 0.717) is 6.61 Å². The molecule has 0 aromatic heterocycles. The van der Waals surface area contributed by atoms with E-state index in [1.165, 1.54) is 18.4 Å². The summed E-state index contributed by atoms with van der Waals surface area (Å²) in [6, 6.07) is 8.08. The molecular weight excluding hydrogens is 188 g/mol. The van der Waals surface area contributed by atoms with Gasteiger partial charge in [0.15, 0.2) is 0 Å². The lowest BCUT2D eigenvalue weighted by molar-refractivity contribution is 0.111. The molecule has 0 heterocycles. The van der Waals surface area contributed by atoms with Gasteiger partial charge in [-0.25, -0.2) is 0 Å². The summed E-state index contributed by atoms with van der Waals surface area (Å²) in [5.74, 6) is 5.89. The van der Waals surface area contributed by atoms with Crippen LogP contribution >= 0.6 is 0 Å². The van der Waals surface area contributed by atoms with Crippen LogP contribution in [0.2, 0.25) is 0 Å². The fourth-order valence-electron chi connectivity index (χ4n) is 1.41.